The average Bonchev–Trinajstić information content (AvgIpc) is 2.29. The lowest BCUT2D eigenvalue weighted by molar-refractivity contribution is -0.121. The minimum atomic E-state index is 0.219. The molecule has 2 nitrogen and oxygen atoms in total. The topological polar surface area (TPSA) is 37.3 Å². The Balaban J connectivity index is 2.35. The molecule has 1 fully saturated rings. The van der Waals surface area contributed by atoms with Crippen LogP contribution in [0.4, 0.5) is 0 Å². The number of carbonyl (C=O) groups is 1. The van der Waals surface area contributed by atoms with Gasteiger partial charge in [0.2, 0.25) is 0 Å². The van der Waals surface area contributed by atoms with Gasteiger partial charge in [-0.15, -0.1) is 0 Å². The van der Waals surface area contributed by atoms with E-state index in [4.69, 9.17) is 5.11 Å². The fourth-order valence-electron chi connectivity index (χ4n) is 1.83. The maximum absolute atomic E-state index is 11.2. The van der Waals surface area contributed by atoms with Crippen LogP contribution in [-0.2, 0) is 4.79 Å². The highest BCUT2D eigenvalue weighted by Crippen LogP contribution is 2.31. The largest absolute Gasteiger partial charge is 0.396 e. The number of aliphatic hydroxyl groups is 1. The molecule has 64 valence electrons. The molecule has 2 heteroatoms. The summed E-state index contributed by atoms with van der Waals surface area (Å²) < 4.78 is 0. The van der Waals surface area contributed by atoms with Crippen LogP contribution in [0.25, 0.3) is 0 Å². The maximum Gasteiger partial charge on any atom is 0.136 e. The van der Waals surface area contributed by atoms with Crippen molar-refractivity contribution in [2.75, 3.05) is 6.61 Å². The van der Waals surface area contributed by atoms with Crippen LogP contribution < -0.4 is 0 Å². The lowest BCUT2D eigenvalue weighted by atomic mass is 9.93. The van der Waals surface area contributed by atoms with Crippen molar-refractivity contribution in [1.29, 1.82) is 0 Å². The van der Waals surface area contributed by atoms with Gasteiger partial charge in [0, 0.05) is 18.9 Å². The number of aliphatic hydroxyl groups excluding tert-OH is 1. The molecule has 0 aromatic heterocycles. The normalized spacial score (nSPS) is 31.3. The molecule has 2 atom stereocenters. The Bertz CT molecular complexity index is 142. The Morgan fingerprint density at radius 3 is 2.82 bits per heavy atom. The second-order valence-corrected chi connectivity index (χ2v) is 3.45. The number of ketones is 1. The van der Waals surface area contributed by atoms with Crippen LogP contribution in [0, 0.1) is 11.8 Å². The first kappa shape index (κ1) is 8.72. The van der Waals surface area contributed by atoms with Crippen molar-refractivity contribution >= 4 is 5.78 Å². The van der Waals surface area contributed by atoms with Crippen molar-refractivity contribution in [3.63, 3.8) is 0 Å². The highest BCUT2D eigenvalue weighted by Gasteiger charge is 2.30. The summed E-state index contributed by atoms with van der Waals surface area (Å²) >= 11 is 0. The molecule has 0 aliphatic heterocycles. The quantitative estimate of drug-likeness (QED) is 0.670. The van der Waals surface area contributed by atoms with E-state index in [1.165, 1.54) is 0 Å². The Morgan fingerprint density at radius 1 is 1.64 bits per heavy atom. The minimum Gasteiger partial charge on any atom is -0.396 e. The highest BCUT2D eigenvalue weighted by molar-refractivity contribution is 5.83. The van der Waals surface area contributed by atoms with Crippen molar-refractivity contribution in [2.24, 2.45) is 11.8 Å². The van der Waals surface area contributed by atoms with Crippen molar-refractivity contribution in [3.05, 3.63) is 0 Å². The number of Topliss-reactive ketones (excluding diaryl/α,β-unsaturated/α-hetero) is 1. The first-order valence-corrected chi connectivity index (χ1v) is 4.39. The summed E-state index contributed by atoms with van der Waals surface area (Å²) in [4.78, 5) is 11.2. The predicted molar refractivity (Wildman–Crippen MR) is 43.2 cm³/mol. The molecule has 0 spiro atoms. The van der Waals surface area contributed by atoms with Gasteiger partial charge in [0.25, 0.3) is 0 Å². The summed E-state index contributed by atoms with van der Waals surface area (Å²) in [5, 5.41) is 8.59. The SMILES string of the molecule is C[C@H]1CCC(=O)[C@H]1CCCO. The van der Waals surface area contributed by atoms with E-state index in [1.54, 1.807) is 0 Å². The van der Waals surface area contributed by atoms with E-state index >= 15 is 0 Å². The third-order valence-electron chi connectivity index (χ3n) is 2.62. The third-order valence-corrected chi connectivity index (χ3v) is 2.62. The Kier molecular flexibility index (Phi) is 3.06. The number of carbonyl (C=O) groups excluding carboxylic acids is 1. The van der Waals surface area contributed by atoms with Crippen LogP contribution in [0.5, 0.6) is 0 Å². The van der Waals surface area contributed by atoms with E-state index in [0.29, 0.717) is 11.7 Å². The minimum absolute atomic E-state index is 0.219. The molecule has 11 heavy (non-hydrogen) atoms. The third kappa shape index (κ3) is 2.03. The summed E-state index contributed by atoms with van der Waals surface area (Å²) in [6.45, 7) is 2.35. The predicted octanol–water partition coefficient (Wildman–Crippen LogP) is 1.37. The molecular formula is C9H16O2. The van der Waals surface area contributed by atoms with Gasteiger partial charge in [-0.1, -0.05) is 6.92 Å². The average molecular weight is 156 g/mol. The van der Waals surface area contributed by atoms with Crippen molar-refractivity contribution in [2.45, 2.75) is 32.6 Å². The standard InChI is InChI=1S/C9H16O2/c1-7-4-5-9(11)8(7)3-2-6-10/h7-8,10H,2-6H2,1H3/t7-,8-/m0/s1. The number of hydrogen-bond acceptors (Lipinski definition) is 2. The van der Waals surface area contributed by atoms with E-state index in [2.05, 4.69) is 6.92 Å². The summed E-state index contributed by atoms with van der Waals surface area (Å²) in [7, 11) is 0. The van der Waals surface area contributed by atoms with Crippen molar-refractivity contribution < 1.29 is 9.90 Å². The first-order valence-electron chi connectivity index (χ1n) is 4.39. The van der Waals surface area contributed by atoms with Gasteiger partial charge in [-0.2, -0.15) is 0 Å². The van der Waals surface area contributed by atoms with Crippen molar-refractivity contribution in [1.82, 2.24) is 0 Å². The molecule has 1 aliphatic carbocycles. The summed E-state index contributed by atoms with van der Waals surface area (Å²) in [5.41, 5.74) is 0. The molecule has 0 amide bonds. The van der Waals surface area contributed by atoms with E-state index in [0.717, 1.165) is 25.7 Å². The molecule has 0 aromatic rings. The van der Waals surface area contributed by atoms with Crippen LogP contribution >= 0.6 is 0 Å². The molecule has 1 saturated carbocycles. The van der Waals surface area contributed by atoms with Gasteiger partial charge in [-0.05, 0) is 25.2 Å². The fraction of sp³-hybridized carbons (Fsp3) is 0.889. The highest BCUT2D eigenvalue weighted by atomic mass is 16.2. The van der Waals surface area contributed by atoms with E-state index in [1.807, 2.05) is 0 Å². The number of rotatable bonds is 3. The molecule has 1 rings (SSSR count). The summed E-state index contributed by atoms with van der Waals surface area (Å²) in [6, 6.07) is 0. The lowest BCUT2D eigenvalue weighted by Gasteiger charge is -2.11. The fourth-order valence-corrected chi connectivity index (χ4v) is 1.83. The Morgan fingerprint density at radius 2 is 2.36 bits per heavy atom. The van der Waals surface area contributed by atoms with Gasteiger partial charge in [0.05, 0.1) is 0 Å². The molecule has 0 heterocycles. The van der Waals surface area contributed by atoms with Crippen molar-refractivity contribution in [3.8, 4) is 0 Å². The van der Waals surface area contributed by atoms with Gasteiger partial charge in [0.1, 0.15) is 5.78 Å². The zero-order valence-corrected chi connectivity index (χ0v) is 7.05. The zero-order chi connectivity index (χ0) is 8.27. The summed E-state index contributed by atoms with van der Waals surface area (Å²) in [6.07, 6.45) is 3.48. The van der Waals surface area contributed by atoms with Crippen LogP contribution in [0.3, 0.4) is 0 Å². The van der Waals surface area contributed by atoms with Gasteiger partial charge in [0.15, 0.2) is 0 Å². The maximum atomic E-state index is 11.2. The van der Waals surface area contributed by atoms with Gasteiger partial charge < -0.3 is 5.11 Å². The molecule has 1 aliphatic rings. The smallest absolute Gasteiger partial charge is 0.136 e. The van der Waals surface area contributed by atoms with Crippen LogP contribution in [0.15, 0.2) is 0 Å². The molecular weight excluding hydrogens is 140 g/mol. The van der Waals surface area contributed by atoms with E-state index in [-0.39, 0.29) is 12.5 Å². The Hall–Kier alpha value is -0.370. The van der Waals surface area contributed by atoms with E-state index < -0.39 is 0 Å². The van der Waals surface area contributed by atoms with Crippen LogP contribution in [-0.4, -0.2) is 17.5 Å². The lowest BCUT2D eigenvalue weighted by Crippen LogP contribution is -2.12. The molecule has 0 radical (unpaired) electrons. The molecule has 0 aromatic carbocycles. The second kappa shape index (κ2) is 3.86. The molecule has 1 N–H and O–H groups in total. The monoisotopic (exact) mass is 156 g/mol. The van der Waals surface area contributed by atoms with Gasteiger partial charge in [-0.25, -0.2) is 0 Å². The molecule has 0 unspecified atom stereocenters. The van der Waals surface area contributed by atoms with Crippen LogP contribution in [0.2, 0.25) is 0 Å². The molecule has 0 saturated heterocycles. The van der Waals surface area contributed by atoms with Gasteiger partial charge >= 0.3 is 0 Å². The van der Waals surface area contributed by atoms with Crippen LogP contribution in [0.1, 0.15) is 32.6 Å². The second-order valence-electron chi connectivity index (χ2n) is 3.45. The van der Waals surface area contributed by atoms with Gasteiger partial charge in [-0.3, -0.25) is 4.79 Å². The molecule has 0 bridgehead atoms. The number of hydrogen-bond donors (Lipinski definition) is 1. The Labute approximate surface area is 67.6 Å². The zero-order valence-electron chi connectivity index (χ0n) is 7.05. The van der Waals surface area contributed by atoms with E-state index in [9.17, 15) is 4.79 Å². The summed E-state index contributed by atoms with van der Waals surface area (Å²) in [5.74, 6) is 1.21. The first-order chi connectivity index (χ1) is 5.25.